The van der Waals surface area contributed by atoms with Crippen LogP contribution in [0.1, 0.15) is 39.5 Å². The average molecular weight is 240 g/mol. The zero-order chi connectivity index (χ0) is 12.3. The minimum atomic E-state index is -0.0797. The minimum absolute atomic E-state index is 0.0797. The molecular formula is C14H28N2O. The number of hydrogen-bond acceptors (Lipinski definition) is 3. The van der Waals surface area contributed by atoms with Crippen molar-refractivity contribution in [3.05, 3.63) is 0 Å². The Kier molecular flexibility index (Phi) is 4.83. The summed E-state index contributed by atoms with van der Waals surface area (Å²) in [7, 11) is 0. The van der Waals surface area contributed by atoms with Crippen molar-refractivity contribution in [2.24, 2.45) is 5.92 Å². The first kappa shape index (κ1) is 13.3. The third-order valence-electron chi connectivity index (χ3n) is 4.46. The van der Waals surface area contributed by atoms with Crippen LogP contribution in [0.4, 0.5) is 0 Å². The number of aliphatic hydroxyl groups is 1. The van der Waals surface area contributed by atoms with Gasteiger partial charge in [-0.3, -0.25) is 4.90 Å². The Morgan fingerprint density at radius 2 is 1.82 bits per heavy atom. The third kappa shape index (κ3) is 3.43. The van der Waals surface area contributed by atoms with Gasteiger partial charge in [0, 0.05) is 32.2 Å². The maximum absolute atomic E-state index is 10.2. The minimum Gasteiger partial charge on any atom is -0.391 e. The Balaban J connectivity index is 1.82. The monoisotopic (exact) mass is 240 g/mol. The average Bonchev–Trinajstić information content (AvgIpc) is 2.34. The predicted molar refractivity (Wildman–Crippen MR) is 71.1 cm³/mol. The molecule has 1 aliphatic heterocycles. The van der Waals surface area contributed by atoms with E-state index in [1.165, 1.54) is 38.9 Å². The van der Waals surface area contributed by atoms with Gasteiger partial charge >= 0.3 is 0 Å². The van der Waals surface area contributed by atoms with Gasteiger partial charge < -0.3 is 10.0 Å². The summed E-state index contributed by atoms with van der Waals surface area (Å²) in [5.41, 5.74) is 0. The first-order chi connectivity index (χ1) is 8.20. The van der Waals surface area contributed by atoms with Crippen molar-refractivity contribution in [3.8, 4) is 0 Å². The molecule has 100 valence electrons. The highest BCUT2D eigenvalue weighted by Crippen LogP contribution is 2.28. The van der Waals surface area contributed by atoms with Crippen LogP contribution in [0.5, 0.6) is 0 Å². The second-order valence-corrected chi connectivity index (χ2v) is 5.93. The van der Waals surface area contributed by atoms with Crippen molar-refractivity contribution < 1.29 is 5.11 Å². The van der Waals surface area contributed by atoms with Crippen LogP contribution in [0.3, 0.4) is 0 Å². The van der Waals surface area contributed by atoms with Crippen LogP contribution < -0.4 is 0 Å². The fourth-order valence-electron chi connectivity index (χ4n) is 3.36. The Morgan fingerprint density at radius 3 is 2.47 bits per heavy atom. The molecule has 0 aromatic heterocycles. The summed E-state index contributed by atoms with van der Waals surface area (Å²) in [5.74, 6) is 0.789. The van der Waals surface area contributed by atoms with Gasteiger partial charge in [0.1, 0.15) is 0 Å². The van der Waals surface area contributed by atoms with E-state index in [9.17, 15) is 5.11 Å². The summed E-state index contributed by atoms with van der Waals surface area (Å²) >= 11 is 0. The highest BCUT2D eigenvalue weighted by atomic mass is 16.3. The molecule has 2 rings (SSSR count). The van der Waals surface area contributed by atoms with E-state index < -0.39 is 0 Å². The van der Waals surface area contributed by atoms with Crippen LogP contribution in [0.15, 0.2) is 0 Å². The fraction of sp³-hybridized carbons (Fsp3) is 1.00. The Morgan fingerprint density at radius 1 is 1.12 bits per heavy atom. The molecule has 1 aliphatic carbocycles. The summed E-state index contributed by atoms with van der Waals surface area (Å²) in [4.78, 5) is 5.08. The summed E-state index contributed by atoms with van der Waals surface area (Å²) in [5, 5.41) is 10.2. The molecule has 0 spiro atoms. The summed E-state index contributed by atoms with van der Waals surface area (Å²) in [6.07, 6.45) is 4.57. The molecule has 1 saturated heterocycles. The molecule has 3 nitrogen and oxygen atoms in total. The van der Waals surface area contributed by atoms with Crippen molar-refractivity contribution in [1.29, 1.82) is 0 Å². The maximum atomic E-state index is 10.2. The van der Waals surface area contributed by atoms with Gasteiger partial charge in [-0.2, -0.15) is 0 Å². The zero-order valence-electron chi connectivity index (χ0n) is 11.4. The molecule has 2 aliphatic rings. The Labute approximate surface area is 106 Å². The molecule has 0 aromatic rings. The van der Waals surface area contributed by atoms with Crippen LogP contribution in [0.25, 0.3) is 0 Å². The van der Waals surface area contributed by atoms with Crippen molar-refractivity contribution in [2.45, 2.75) is 51.7 Å². The molecule has 3 unspecified atom stereocenters. The number of rotatable bonds is 3. The van der Waals surface area contributed by atoms with E-state index in [1.54, 1.807) is 0 Å². The standard InChI is InChI=1S/C14H28N2O/c1-3-6-15-7-9-16(10-8-15)13-11-12(2)4-5-14(13)17/h12-14,17H,3-11H2,1-2H3. The topological polar surface area (TPSA) is 26.7 Å². The van der Waals surface area contributed by atoms with Crippen molar-refractivity contribution >= 4 is 0 Å². The van der Waals surface area contributed by atoms with Crippen LogP contribution in [0.2, 0.25) is 0 Å². The lowest BCUT2D eigenvalue weighted by Gasteiger charge is -2.44. The molecular weight excluding hydrogens is 212 g/mol. The van der Waals surface area contributed by atoms with Gasteiger partial charge in [-0.15, -0.1) is 0 Å². The predicted octanol–water partition coefficient (Wildman–Crippen LogP) is 1.56. The number of piperazine rings is 1. The first-order valence-corrected chi connectivity index (χ1v) is 7.35. The van der Waals surface area contributed by atoms with E-state index in [1.807, 2.05) is 0 Å². The smallest absolute Gasteiger partial charge is 0.0695 e. The molecule has 3 atom stereocenters. The molecule has 1 heterocycles. The van der Waals surface area contributed by atoms with E-state index in [-0.39, 0.29) is 6.10 Å². The molecule has 17 heavy (non-hydrogen) atoms. The van der Waals surface area contributed by atoms with Gasteiger partial charge in [-0.05, 0) is 38.1 Å². The molecule has 0 amide bonds. The van der Waals surface area contributed by atoms with Gasteiger partial charge in [0.2, 0.25) is 0 Å². The number of nitrogens with zero attached hydrogens (tertiary/aromatic N) is 2. The molecule has 3 heteroatoms. The summed E-state index contributed by atoms with van der Waals surface area (Å²) in [6, 6.07) is 0.433. The maximum Gasteiger partial charge on any atom is 0.0695 e. The van der Waals surface area contributed by atoms with Crippen molar-refractivity contribution in [2.75, 3.05) is 32.7 Å². The lowest BCUT2D eigenvalue weighted by molar-refractivity contribution is -0.0149. The normalized spacial score (nSPS) is 37.2. The van der Waals surface area contributed by atoms with Gasteiger partial charge in [0.15, 0.2) is 0 Å². The van der Waals surface area contributed by atoms with Crippen molar-refractivity contribution in [3.63, 3.8) is 0 Å². The molecule has 1 N–H and O–H groups in total. The van der Waals surface area contributed by atoms with Crippen LogP contribution in [-0.2, 0) is 0 Å². The van der Waals surface area contributed by atoms with E-state index >= 15 is 0 Å². The van der Waals surface area contributed by atoms with Crippen LogP contribution >= 0.6 is 0 Å². The lowest BCUT2D eigenvalue weighted by atomic mass is 9.84. The molecule has 0 radical (unpaired) electrons. The first-order valence-electron chi connectivity index (χ1n) is 7.35. The fourth-order valence-corrected chi connectivity index (χ4v) is 3.36. The number of aliphatic hydroxyl groups excluding tert-OH is 1. The molecule has 1 saturated carbocycles. The molecule has 2 fully saturated rings. The van der Waals surface area contributed by atoms with Gasteiger partial charge in [0.05, 0.1) is 6.10 Å². The quantitative estimate of drug-likeness (QED) is 0.811. The molecule has 0 bridgehead atoms. The Hall–Kier alpha value is -0.120. The lowest BCUT2D eigenvalue weighted by Crippen LogP contribution is -2.55. The van der Waals surface area contributed by atoms with E-state index in [2.05, 4.69) is 23.6 Å². The van der Waals surface area contributed by atoms with Crippen LogP contribution in [0, 0.1) is 5.92 Å². The van der Waals surface area contributed by atoms with E-state index in [4.69, 9.17) is 0 Å². The van der Waals surface area contributed by atoms with Gasteiger partial charge in [-0.25, -0.2) is 0 Å². The Bertz CT molecular complexity index is 226. The highest BCUT2D eigenvalue weighted by Gasteiger charge is 2.33. The van der Waals surface area contributed by atoms with E-state index in [0.29, 0.717) is 6.04 Å². The van der Waals surface area contributed by atoms with Crippen molar-refractivity contribution in [1.82, 2.24) is 9.80 Å². The SMILES string of the molecule is CCCN1CCN(C2CC(C)CCC2O)CC1. The second kappa shape index (κ2) is 6.17. The third-order valence-corrected chi connectivity index (χ3v) is 4.46. The second-order valence-electron chi connectivity index (χ2n) is 5.93. The van der Waals surface area contributed by atoms with Gasteiger partial charge in [0.25, 0.3) is 0 Å². The largest absolute Gasteiger partial charge is 0.391 e. The summed E-state index contributed by atoms with van der Waals surface area (Å²) < 4.78 is 0. The van der Waals surface area contributed by atoms with Gasteiger partial charge in [-0.1, -0.05) is 13.8 Å². The van der Waals surface area contributed by atoms with Crippen LogP contribution in [-0.4, -0.2) is 59.8 Å². The molecule has 0 aromatic carbocycles. The number of hydrogen-bond donors (Lipinski definition) is 1. The van der Waals surface area contributed by atoms with E-state index in [0.717, 1.165) is 25.4 Å². The highest BCUT2D eigenvalue weighted by molar-refractivity contribution is 4.88. The zero-order valence-corrected chi connectivity index (χ0v) is 11.4. The summed E-state index contributed by atoms with van der Waals surface area (Å²) in [6.45, 7) is 10.5.